The van der Waals surface area contributed by atoms with Crippen LogP contribution in [0.4, 0.5) is 5.69 Å². The number of nitrogen functional groups attached to an aromatic ring is 1. The molecule has 3 aromatic rings. The number of hydrogen-bond acceptors (Lipinski definition) is 4. The van der Waals surface area contributed by atoms with Crippen LogP contribution in [0, 0.1) is 13.8 Å². The van der Waals surface area contributed by atoms with E-state index < -0.39 is 12.1 Å². The van der Waals surface area contributed by atoms with Crippen LogP contribution in [-0.2, 0) is 4.74 Å². The van der Waals surface area contributed by atoms with Crippen LogP contribution in [0.15, 0.2) is 60.8 Å². The largest absolute Gasteiger partial charge is 0.447 e. The minimum absolute atomic E-state index is 0.435. The third-order valence-corrected chi connectivity index (χ3v) is 4.36. The second-order valence-electron chi connectivity index (χ2n) is 6.17. The fourth-order valence-electron chi connectivity index (χ4n) is 2.55. The number of aryl methyl sites for hydroxylation is 2. The number of nitrogens with zero attached hydrogens (tertiary/aromatic N) is 1. The molecule has 0 aliphatic carbocycles. The molecule has 0 bridgehead atoms. The van der Waals surface area contributed by atoms with Gasteiger partial charge in [0.1, 0.15) is 0 Å². The molecule has 0 aliphatic rings. The monoisotopic (exact) mass is 366 g/mol. The zero-order chi connectivity index (χ0) is 18.7. The Morgan fingerprint density at radius 1 is 1.08 bits per heavy atom. The molecule has 0 spiro atoms. The predicted octanol–water partition coefficient (Wildman–Crippen LogP) is 4.88. The van der Waals surface area contributed by atoms with Crippen LogP contribution < -0.4 is 5.73 Å². The van der Waals surface area contributed by atoms with Gasteiger partial charge in [-0.05, 0) is 66.9 Å². The maximum absolute atomic E-state index is 12.7. The highest BCUT2D eigenvalue weighted by atomic mass is 35.5. The topological polar surface area (TPSA) is 65.2 Å². The Bertz CT molecular complexity index is 876. The quantitative estimate of drug-likeness (QED) is 0.528. The Labute approximate surface area is 157 Å². The first-order valence-corrected chi connectivity index (χ1v) is 8.57. The van der Waals surface area contributed by atoms with Crippen LogP contribution in [0.1, 0.15) is 38.8 Å². The molecule has 0 fully saturated rings. The highest BCUT2D eigenvalue weighted by Gasteiger charge is 2.21. The van der Waals surface area contributed by atoms with E-state index in [4.69, 9.17) is 22.1 Å². The van der Waals surface area contributed by atoms with Crippen LogP contribution >= 0.6 is 11.6 Å². The summed E-state index contributed by atoms with van der Waals surface area (Å²) in [7, 11) is 0. The summed E-state index contributed by atoms with van der Waals surface area (Å²) in [5.41, 5.74) is 10.2. The molecule has 2 aromatic carbocycles. The van der Waals surface area contributed by atoms with Crippen molar-refractivity contribution < 1.29 is 9.53 Å². The third-order valence-electron chi connectivity index (χ3n) is 4.11. The van der Waals surface area contributed by atoms with E-state index in [-0.39, 0.29) is 0 Å². The van der Waals surface area contributed by atoms with Gasteiger partial charge in [0, 0.05) is 16.9 Å². The van der Waals surface area contributed by atoms with E-state index in [1.165, 1.54) is 0 Å². The fourth-order valence-corrected chi connectivity index (χ4v) is 2.67. The van der Waals surface area contributed by atoms with Crippen molar-refractivity contribution in [2.75, 3.05) is 5.73 Å². The molecular weight excluding hydrogens is 348 g/mol. The molecule has 0 radical (unpaired) electrons. The second-order valence-corrected chi connectivity index (χ2v) is 6.61. The fraction of sp³-hybridized carbons (Fsp3) is 0.143. The smallest absolute Gasteiger partial charge is 0.339 e. The van der Waals surface area contributed by atoms with Crippen molar-refractivity contribution in [1.82, 2.24) is 4.98 Å². The van der Waals surface area contributed by atoms with Gasteiger partial charge < -0.3 is 10.5 Å². The van der Waals surface area contributed by atoms with Crippen LogP contribution in [0.25, 0.3) is 0 Å². The summed E-state index contributed by atoms with van der Waals surface area (Å²) in [6.07, 6.45) is 1.12. The molecule has 4 nitrogen and oxygen atoms in total. The van der Waals surface area contributed by atoms with Crippen molar-refractivity contribution in [3.8, 4) is 0 Å². The van der Waals surface area contributed by atoms with Crippen LogP contribution in [0.2, 0.25) is 5.02 Å². The molecule has 1 unspecified atom stereocenters. The van der Waals surface area contributed by atoms with Crippen LogP contribution in [0.5, 0.6) is 0 Å². The number of ether oxygens (including phenoxy) is 1. The number of anilines is 1. The summed E-state index contributed by atoms with van der Waals surface area (Å²) in [6.45, 7) is 3.81. The van der Waals surface area contributed by atoms with E-state index in [1.807, 2.05) is 38.1 Å². The maximum Gasteiger partial charge on any atom is 0.339 e. The number of pyridine rings is 1. The van der Waals surface area contributed by atoms with Gasteiger partial charge in [-0.25, -0.2) is 4.79 Å². The van der Waals surface area contributed by atoms with Gasteiger partial charge in [-0.1, -0.05) is 29.8 Å². The zero-order valence-corrected chi connectivity index (χ0v) is 15.3. The molecule has 3 rings (SSSR count). The Morgan fingerprint density at radius 2 is 1.81 bits per heavy atom. The van der Waals surface area contributed by atoms with Gasteiger partial charge in [0.15, 0.2) is 6.10 Å². The van der Waals surface area contributed by atoms with Gasteiger partial charge >= 0.3 is 5.97 Å². The third kappa shape index (κ3) is 4.03. The average molecular weight is 367 g/mol. The minimum atomic E-state index is -0.627. The number of halogens is 1. The zero-order valence-electron chi connectivity index (χ0n) is 14.6. The average Bonchev–Trinajstić information content (AvgIpc) is 2.63. The van der Waals surface area contributed by atoms with Gasteiger partial charge in [-0.15, -0.1) is 0 Å². The van der Waals surface area contributed by atoms with Gasteiger partial charge in [0.2, 0.25) is 0 Å². The number of hydrogen-bond donors (Lipinski definition) is 1. The number of aromatic nitrogens is 1. The summed E-state index contributed by atoms with van der Waals surface area (Å²) in [4.78, 5) is 17.1. The number of nitrogens with two attached hydrogens (primary N) is 1. The lowest BCUT2D eigenvalue weighted by Crippen LogP contribution is -2.14. The summed E-state index contributed by atoms with van der Waals surface area (Å²) in [6, 6.07) is 16.1. The standard InChI is InChI=1S/C21H19ClN2O2/c1-13-3-10-19(24-12-13)20(15-4-7-17(22)8-5-15)26-21(25)16-6-9-18(23)14(2)11-16/h3-12,20H,23H2,1-2H3. The Kier molecular flexibility index (Phi) is 5.24. The normalized spacial score (nSPS) is 11.8. The van der Waals surface area contributed by atoms with Gasteiger partial charge in [0.05, 0.1) is 11.3 Å². The van der Waals surface area contributed by atoms with Gasteiger partial charge in [0.25, 0.3) is 0 Å². The lowest BCUT2D eigenvalue weighted by molar-refractivity contribution is 0.0370. The van der Waals surface area contributed by atoms with Crippen molar-refractivity contribution >= 4 is 23.3 Å². The van der Waals surface area contributed by atoms with Crippen molar-refractivity contribution in [3.05, 3.63) is 93.8 Å². The Balaban J connectivity index is 1.94. The first-order valence-electron chi connectivity index (χ1n) is 8.19. The highest BCUT2D eigenvalue weighted by Crippen LogP contribution is 2.27. The van der Waals surface area contributed by atoms with Crippen molar-refractivity contribution in [2.24, 2.45) is 0 Å². The molecule has 1 atom stereocenters. The molecule has 5 heteroatoms. The number of carbonyl (C=O) groups is 1. The first-order chi connectivity index (χ1) is 12.4. The Morgan fingerprint density at radius 3 is 2.42 bits per heavy atom. The van der Waals surface area contributed by atoms with E-state index in [2.05, 4.69) is 4.98 Å². The summed E-state index contributed by atoms with van der Waals surface area (Å²) >= 11 is 5.98. The predicted molar refractivity (Wildman–Crippen MR) is 103 cm³/mol. The molecule has 1 heterocycles. The van der Waals surface area contributed by atoms with Crippen molar-refractivity contribution in [1.29, 1.82) is 0 Å². The highest BCUT2D eigenvalue weighted by molar-refractivity contribution is 6.30. The number of rotatable bonds is 4. The van der Waals surface area contributed by atoms with Crippen LogP contribution in [-0.4, -0.2) is 11.0 Å². The number of esters is 1. The molecule has 1 aromatic heterocycles. The van der Waals surface area contributed by atoms with Crippen molar-refractivity contribution in [3.63, 3.8) is 0 Å². The maximum atomic E-state index is 12.7. The molecular formula is C21H19ClN2O2. The second kappa shape index (κ2) is 7.58. The lowest BCUT2D eigenvalue weighted by atomic mass is 10.0. The molecule has 0 aliphatic heterocycles. The number of benzene rings is 2. The van der Waals surface area contributed by atoms with Crippen LogP contribution in [0.3, 0.4) is 0 Å². The van der Waals surface area contributed by atoms with E-state index in [9.17, 15) is 4.79 Å². The van der Waals surface area contributed by atoms with E-state index in [0.29, 0.717) is 22.0 Å². The lowest BCUT2D eigenvalue weighted by Gasteiger charge is -2.18. The first kappa shape index (κ1) is 18.0. The van der Waals surface area contributed by atoms with E-state index in [1.54, 1.807) is 36.5 Å². The van der Waals surface area contributed by atoms with Crippen molar-refractivity contribution in [2.45, 2.75) is 20.0 Å². The number of carbonyl (C=O) groups excluding carboxylic acids is 1. The van der Waals surface area contributed by atoms with E-state index >= 15 is 0 Å². The summed E-state index contributed by atoms with van der Waals surface area (Å²) in [5.74, 6) is -0.435. The molecule has 0 saturated carbocycles. The van der Waals surface area contributed by atoms with Gasteiger partial charge in [-0.3, -0.25) is 4.98 Å². The minimum Gasteiger partial charge on any atom is -0.447 e. The molecule has 0 amide bonds. The van der Waals surface area contributed by atoms with E-state index in [0.717, 1.165) is 16.7 Å². The molecule has 0 saturated heterocycles. The van der Waals surface area contributed by atoms with Gasteiger partial charge in [-0.2, -0.15) is 0 Å². The Hall–Kier alpha value is -2.85. The molecule has 26 heavy (non-hydrogen) atoms. The SMILES string of the molecule is Cc1ccc(C(OC(=O)c2ccc(N)c(C)c2)c2ccc(Cl)cc2)nc1. The summed E-state index contributed by atoms with van der Waals surface area (Å²) in [5, 5.41) is 0.616. The summed E-state index contributed by atoms with van der Waals surface area (Å²) < 4.78 is 5.80. The molecule has 2 N–H and O–H groups in total. The molecule has 132 valence electrons.